The number of hydrogen-bond donors (Lipinski definition) is 3. The van der Waals surface area contributed by atoms with Crippen LogP contribution in [0, 0.1) is 0 Å². The number of nitrogens with zero attached hydrogens (tertiary/aromatic N) is 1. The molecule has 0 bridgehead atoms. The first-order valence-electron chi connectivity index (χ1n) is 7.29. The van der Waals surface area contributed by atoms with Gasteiger partial charge in [0, 0.05) is 18.9 Å². The highest BCUT2D eigenvalue weighted by Crippen LogP contribution is 2.21. The van der Waals surface area contributed by atoms with Gasteiger partial charge in [0.1, 0.15) is 0 Å². The molecule has 0 spiro atoms. The molecule has 1 aromatic heterocycles. The van der Waals surface area contributed by atoms with E-state index in [-0.39, 0.29) is 6.54 Å². The van der Waals surface area contributed by atoms with Crippen LogP contribution >= 0.6 is 0 Å². The third-order valence-electron chi connectivity index (χ3n) is 3.73. The summed E-state index contributed by atoms with van der Waals surface area (Å²) in [5.41, 5.74) is 6.99. The molecule has 4 N–H and O–H groups in total. The number of benzene rings is 2. The summed E-state index contributed by atoms with van der Waals surface area (Å²) < 4.78 is 0. The zero-order valence-corrected chi connectivity index (χ0v) is 12.4. The lowest BCUT2D eigenvalue weighted by molar-refractivity contribution is 0.100. The van der Waals surface area contributed by atoms with E-state index in [2.05, 4.69) is 10.3 Å². The molecule has 5 nitrogen and oxygen atoms in total. The summed E-state index contributed by atoms with van der Waals surface area (Å²) in [6.07, 6.45) is 2.28. The Kier molecular flexibility index (Phi) is 4.21. The smallest absolute Gasteiger partial charge is 0.252 e. The Balaban J connectivity index is 1.76. The van der Waals surface area contributed by atoms with Crippen LogP contribution in [0.4, 0.5) is 5.69 Å². The van der Waals surface area contributed by atoms with Crippen molar-refractivity contribution in [3.05, 3.63) is 72.1 Å². The number of fused-ring (bicyclic) bond motifs is 1. The van der Waals surface area contributed by atoms with E-state index in [0.29, 0.717) is 11.3 Å². The van der Waals surface area contributed by atoms with Crippen molar-refractivity contribution in [2.24, 2.45) is 5.73 Å². The van der Waals surface area contributed by atoms with Crippen molar-refractivity contribution in [2.75, 3.05) is 11.9 Å². The third-order valence-corrected chi connectivity index (χ3v) is 3.73. The van der Waals surface area contributed by atoms with Crippen molar-refractivity contribution in [2.45, 2.75) is 6.10 Å². The Bertz CT molecular complexity index is 848. The molecule has 2 aromatic carbocycles. The first-order chi connectivity index (χ1) is 11.1. The highest BCUT2D eigenvalue weighted by molar-refractivity contribution is 5.98. The molecule has 0 aliphatic heterocycles. The molecule has 5 heteroatoms. The number of aliphatic hydroxyl groups excluding tert-OH is 1. The van der Waals surface area contributed by atoms with Crippen LogP contribution in [0.15, 0.2) is 60.9 Å². The number of anilines is 1. The van der Waals surface area contributed by atoms with Crippen LogP contribution in [-0.2, 0) is 0 Å². The highest BCUT2D eigenvalue weighted by Gasteiger charge is 2.11. The Labute approximate surface area is 133 Å². The van der Waals surface area contributed by atoms with E-state index in [4.69, 9.17) is 5.73 Å². The Morgan fingerprint density at radius 1 is 1.17 bits per heavy atom. The minimum Gasteiger partial charge on any atom is -0.387 e. The number of primary amides is 1. The van der Waals surface area contributed by atoms with Gasteiger partial charge in [-0.2, -0.15) is 0 Å². The molecule has 3 aromatic rings. The molecule has 1 heterocycles. The summed E-state index contributed by atoms with van der Waals surface area (Å²) in [6.45, 7) is 0.267. The molecule has 1 atom stereocenters. The molecule has 23 heavy (non-hydrogen) atoms. The zero-order valence-electron chi connectivity index (χ0n) is 12.4. The number of carbonyl (C=O) groups is 1. The van der Waals surface area contributed by atoms with Crippen LogP contribution in [0.25, 0.3) is 10.8 Å². The number of hydrogen-bond acceptors (Lipinski definition) is 4. The van der Waals surface area contributed by atoms with Gasteiger partial charge in [0.25, 0.3) is 5.91 Å². The molecule has 0 saturated carbocycles. The van der Waals surface area contributed by atoms with Crippen molar-refractivity contribution in [3.8, 4) is 0 Å². The molecular formula is C18H17N3O2. The molecule has 116 valence electrons. The van der Waals surface area contributed by atoms with E-state index < -0.39 is 12.0 Å². The van der Waals surface area contributed by atoms with Gasteiger partial charge >= 0.3 is 0 Å². The van der Waals surface area contributed by atoms with E-state index in [1.807, 2.05) is 42.5 Å². The lowest BCUT2D eigenvalue weighted by Crippen LogP contribution is -2.18. The zero-order chi connectivity index (χ0) is 16.2. The lowest BCUT2D eigenvalue weighted by Gasteiger charge is -2.15. The predicted octanol–water partition coefficient (Wildman–Crippen LogP) is 2.48. The van der Waals surface area contributed by atoms with Crippen molar-refractivity contribution in [3.63, 3.8) is 0 Å². The number of carbonyl (C=O) groups excluding carboxylic acids is 1. The maximum atomic E-state index is 11.4. The highest BCUT2D eigenvalue weighted by atomic mass is 16.3. The van der Waals surface area contributed by atoms with Crippen LogP contribution in [-0.4, -0.2) is 22.5 Å². The maximum absolute atomic E-state index is 11.4. The summed E-state index contributed by atoms with van der Waals surface area (Å²) in [4.78, 5) is 15.2. The Morgan fingerprint density at radius 3 is 2.74 bits per heavy atom. The average molecular weight is 307 g/mol. The first kappa shape index (κ1) is 15.0. The Hall–Kier alpha value is -2.92. The number of nitrogens with one attached hydrogen (secondary N) is 1. The van der Waals surface area contributed by atoms with Crippen LogP contribution < -0.4 is 11.1 Å². The number of rotatable bonds is 5. The Morgan fingerprint density at radius 2 is 1.96 bits per heavy atom. The predicted molar refractivity (Wildman–Crippen MR) is 90.2 cm³/mol. The number of aliphatic hydroxyl groups is 1. The molecule has 0 aliphatic rings. The quantitative estimate of drug-likeness (QED) is 0.675. The maximum Gasteiger partial charge on any atom is 0.252 e. The summed E-state index contributed by atoms with van der Waals surface area (Å²) in [6, 6.07) is 15.5. The van der Waals surface area contributed by atoms with Crippen molar-refractivity contribution in [1.82, 2.24) is 4.98 Å². The second-order valence-corrected chi connectivity index (χ2v) is 5.29. The van der Waals surface area contributed by atoms with Crippen LogP contribution in [0.5, 0.6) is 0 Å². The van der Waals surface area contributed by atoms with E-state index in [9.17, 15) is 9.90 Å². The number of nitrogens with two attached hydrogens (primary N) is 1. The van der Waals surface area contributed by atoms with E-state index in [0.717, 1.165) is 16.3 Å². The normalized spacial score (nSPS) is 12.0. The van der Waals surface area contributed by atoms with Crippen molar-refractivity contribution >= 4 is 22.4 Å². The number of pyridine rings is 1. The summed E-state index contributed by atoms with van der Waals surface area (Å²) in [7, 11) is 0. The molecule has 0 saturated heterocycles. The van der Waals surface area contributed by atoms with Gasteiger partial charge in [0.2, 0.25) is 0 Å². The van der Waals surface area contributed by atoms with Gasteiger partial charge in [-0.25, -0.2) is 0 Å². The van der Waals surface area contributed by atoms with Gasteiger partial charge in [-0.3, -0.25) is 9.78 Å². The topological polar surface area (TPSA) is 88.2 Å². The van der Waals surface area contributed by atoms with Gasteiger partial charge in [-0.1, -0.05) is 36.4 Å². The van der Waals surface area contributed by atoms with Crippen LogP contribution in [0.2, 0.25) is 0 Å². The fourth-order valence-electron chi connectivity index (χ4n) is 2.48. The summed E-state index contributed by atoms with van der Waals surface area (Å²) in [5.74, 6) is -0.555. The molecule has 1 unspecified atom stereocenters. The van der Waals surface area contributed by atoms with Gasteiger partial charge in [-0.15, -0.1) is 0 Å². The number of aromatic nitrogens is 1. The second kappa shape index (κ2) is 6.46. The molecule has 3 rings (SSSR count). The third kappa shape index (κ3) is 3.30. The monoisotopic (exact) mass is 307 g/mol. The van der Waals surface area contributed by atoms with Crippen molar-refractivity contribution < 1.29 is 9.90 Å². The molecule has 0 fully saturated rings. The van der Waals surface area contributed by atoms with Crippen LogP contribution in [0.3, 0.4) is 0 Å². The van der Waals surface area contributed by atoms with Crippen molar-refractivity contribution in [1.29, 1.82) is 0 Å². The summed E-state index contributed by atoms with van der Waals surface area (Å²) >= 11 is 0. The molecular weight excluding hydrogens is 290 g/mol. The minimum absolute atomic E-state index is 0.267. The number of amides is 1. The second-order valence-electron chi connectivity index (χ2n) is 5.29. The average Bonchev–Trinajstić information content (AvgIpc) is 2.59. The van der Waals surface area contributed by atoms with Crippen LogP contribution in [0.1, 0.15) is 22.0 Å². The fraction of sp³-hybridized carbons (Fsp3) is 0.111. The minimum atomic E-state index is -0.700. The summed E-state index contributed by atoms with van der Waals surface area (Å²) in [5, 5.41) is 15.6. The molecule has 1 amide bonds. The SMILES string of the molecule is NC(=O)c1cnccc1NCC(O)c1ccc2ccccc2c1. The standard InChI is InChI=1S/C18H17N3O2/c19-18(23)15-10-20-8-7-16(15)21-11-17(22)14-6-5-12-3-1-2-4-13(12)9-14/h1-10,17,22H,11H2,(H2,19,23)(H,20,21). The van der Waals surface area contributed by atoms with E-state index in [1.165, 1.54) is 6.20 Å². The van der Waals surface area contributed by atoms with Gasteiger partial charge < -0.3 is 16.2 Å². The lowest BCUT2D eigenvalue weighted by atomic mass is 10.0. The van der Waals surface area contributed by atoms with Gasteiger partial charge in [-0.05, 0) is 28.5 Å². The largest absolute Gasteiger partial charge is 0.387 e. The van der Waals surface area contributed by atoms with E-state index in [1.54, 1.807) is 12.3 Å². The molecule has 0 aliphatic carbocycles. The van der Waals surface area contributed by atoms with Gasteiger partial charge in [0.15, 0.2) is 0 Å². The fourth-order valence-corrected chi connectivity index (χ4v) is 2.48. The van der Waals surface area contributed by atoms with Gasteiger partial charge in [0.05, 0.1) is 17.4 Å². The molecule has 0 radical (unpaired) electrons. The first-order valence-corrected chi connectivity index (χ1v) is 7.29. The van der Waals surface area contributed by atoms with E-state index >= 15 is 0 Å².